The Kier molecular flexibility index (Phi) is 4.96. The largest absolute Gasteiger partial charge is 0.419 e. The van der Waals surface area contributed by atoms with E-state index < -0.39 is 0 Å². The van der Waals surface area contributed by atoms with Crippen molar-refractivity contribution in [3.8, 4) is 22.9 Å². The van der Waals surface area contributed by atoms with Gasteiger partial charge in [0, 0.05) is 16.1 Å². The van der Waals surface area contributed by atoms with E-state index >= 15 is 0 Å². The van der Waals surface area contributed by atoms with Gasteiger partial charge >= 0.3 is 0 Å². The molecule has 136 valence electrons. The Hall–Kier alpha value is -2.64. The molecule has 1 atom stereocenters. The molecule has 2 aromatic heterocycles. The zero-order valence-corrected chi connectivity index (χ0v) is 16.2. The quantitative estimate of drug-likeness (QED) is 0.405. The van der Waals surface area contributed by atoms with Gasteiger partial charge in [0.25, 0.3) is 5.22 Å². The van der Waals surface area contributed by atoms with Crippen LogP contribution in [0.2, 0.25) is 5.02 Å². The van der Waals surface area contributed by atoms with Crippen molar-refractivity contribution in [3.05, 3.63) is 65.0 Å². The number of nitrogens with zero attached hydrogens (tertiary/aromatic N) is 4. The summed E-state index contributed by atoms with van der Waals surface area (Å²) in [6.45, 7) is 3.98. The molecule has 0 N–H and O–H groups in total. The summed E-state index contributed by atoms with van der Waals surface area (Å²) in [4.78, 5) is 0. The summed E-state index contributed by atoms with van der Waals surface area (Å²) in [5.41, 5.74) is 2.83. The molecule has 0 fully saturated rings. The molecule has 0 bridgehead atoms. The lowest BCUT2D eigenvalue weighted by Crippen LogP contribution is -1.88. The van der Waals surface area contributed by atoms with Gasteiger partial charge in [0.15, 0.2) is 0 Å². The van der Waals surface area contributed by atoms with Crippen LogP contribution in [0.15, 0.2) is 62.6 Å². The van der Waals surface area contributed by atoms with Gasteiger partial charge in [-0.2, -0.15) is 0 Å². The van der Waals surface area contributed by atoms with Gasteiger partial charge in [-0.25, -0.2) is 0 Å². The second-order valence-corrected chi connectivity index (χ2v) is 7.68. The lowest BCUT2D eigenvalue weighted by molar-refractivity contribution is 0.461. The monoisotopic (exact) mass is 398 g/mol. The fourth-order valence-corrected chi connectivity index (χ4v) is 3.31. The zero-order chi connectivity index (χ0) is 18.8. The first-order valence-electron chi connectivity index (χ1n) is 8.25. The molecule has 0 aliphatic rings. The molecule has 27 heavy (non-hydrogen) atoms. The van der Waals surface area contributed by atoms with E-state index in [4.69, 9.17) is 20.4 Å². The molecule has 2 aromatic carbocycles. The molecule has 0 saturated heterocycles. The molecule has 6 nitrogen and oxygen atoms in total. The smallest absolute Gasteiger partial charge is 0.277 e. The molecule has 0 amide bonds. The third-order valence-corrected chi connectivity index (χ3v) is 5.00. The van der Waals surface area contributed by atoms with Crippen LogP contribution in [0.5, 0.6) is 0 Å². The molecule has 4 aromatic rings. The van der Waals surface area contributed by atoms with Gasteiger partial charge < -0.3 is 8.83 Å². The van der Waals surface area contributed by atoms with Crippen molar-refractivity contribution in [1.29, 1.82) is 0 Å². The SMILES string of the molecule is Cc1ccc(-c2nnc(C(C)Sc3nnc(-c4cccc(Cl)c4)o3)o2)cc1. The number of thioether (sulfide) groups is 1. The van der Waals surface area contributed by atoms with Crippen LogP contribution in [0.3, 0.4) is 0 Å². The van der Waals surface area contributed by atoms with Crippen LogP contribution >= 0.6 is 23.4 Å². The predicted octanol–water partition coefficient (Wildman–Crippen LogP) is 5.60. The topological polar surface area (TPSA) is 77.8 Å². The van der Waals surface area contributed by atoms with E-state index in [0.29, 0.717) is 27.9 Å². The fourth-order valence-electron chi connectivity index (χ4n) is 2.41. The van der Waals surface area contributed by atoms with Gasteiger partial charge in [-0.15, -0.1) is 20.4 Å². The number of aromatic nitrogens is 4. The summed E-state index contributed by atoms with van der Waals surface area (Å²) in [5.74, 6) is 1.40. The highest BCUT2D eigenvalue weighted by Crippen LogP contribution is 2.35. The zero-order valence-electron chi connectivity index (χ0n) is 14.6. The summed E-state index contributed by atoms with van der Waals surface area (Å²) in [7, 11) is 0. The summed E-state index contributed by atoms with van der Waals surface area (Å²) in [6, 6.07) is 15.2. The number of rotatable bonds is 5. The van der Waals surface area contributed by atoms with Crippen molar-refractivity contribution in [2.45, 2.75) is 24.3 Å². The lowest BCUT2D eigenvalue weighted by atomic mass is 10.1. The molecule has 0 saturated carbocycles. The van der Waals surface area contributed by atoms with Crippen LogP contribution in [0.25, 0.3) is 22.9 Å². The minimum Gasteiger partial charge on any atom is -0.419 e. The molecule has 0 spiro atoms. The van der Waals surface area contributed by atoms with Gasteiger partial charge in [0.1, 0.15) is 0 Å². The van der Waals surface area contributed by atoms with Crippen LogP contribution < -0.4 is 0 Å². The molecule has 0 aliphatic heterocycles. The van der Waals surface area contributed by atoms with Crippen LogP contribution in [0.1, 0.15) is 23.6 Å². The van der Waals surface area contributed by atoms with Crippen molar-refractivity contribution in [3.63, 3.8) is 0 Å². The molecular formula is C19H15ClN4O2S. The number of hydrogen-bond acceptors (Lipinski definition) is 7. The van der Waals surface area contributed by atoms with E-state index in [9.17, 15) is 0 Å². The summed E-state index contributed by atoms with van der Waals surface area (Å²) in [5, 5.41) is 17.3. The minimum atomic E-state index is -0.135. The maximum atomic E-state index is 6.00. The highest BCUT2D eigenvalue weighted by molar-refractivity contribution is 7.99. The van der Waals surface area contributed by atoms with Gasteiger partial charge in [-0.1, -0.05) is 47.1 Å². The van der Waals surface area contributed by atoms with Crippen LogP contribution in [0, 0.1) is 6.92 Å². The Morgan fingerprint density at radius 1 is 0.889 bits per heavy atom. The number of hydrogen-bond donors (Lipinski definition) is 0. The minimum absolute atomic E-state index is 0.135. The molecule has 0 radical (unpaired) electrons. The van der Waals surface area contributed by atoms with E-state index in [1.165, 1.54) is 17.3 Å². The third kappa shape index (κ3) is 4.04. The second kappa shape index (κ2) is 7.54. The average molecular weight is 399 g/mol. The van der Waals surface area contributed by atoms with Gasteiger partial charge in [-0.05, 0) is 44.2 Å². The molecular weight excluding hydrogens is 384 g/mol. The first-order valence-corrected chi connectivity index (χ1v) is 9.51. The fraction of sp³-hybridized carbons (Fsp3) is 0.158. The van der Waals surface area contributed by atoms with Gasteiger partial charge in [0.05, 0.1) is 5.25 Å². The molecule has 8 heteroatoms. The van der Waals surface area contributed by atoms with E-state index in [1.807, 2.05) is 50.2 Å². The number of aryl methyl sites for hydroxylation is 1. The average Bonchev–Trinajstić information content (AvgIpc) is 3.32. The second-order valence-electron chi connectivity index (χ2n) is 5.96. The van der Waals surface area contributed by atoms with E-state index in [2.05, 4.69) is 20.4 Å². The molecule has 4 rings (SSSR count). The first kappa shape index (κ1) is 17.8. The van der Waals surface area contributed by atoms with Crippen molar-refractivity contribution < 1.29 is 8.83 Å². The summed E-state index contributed by atoms with van der Waals surface area (Å²) in [6.07, 6.45) is 0. The Labute approximate surface area is 165 Å². The summed E-state index contributed by atoms with van der Waals surface area (Å²) >= 11 is 7.36. The Bertz CT molecular complexity index is 1060. The summed E-state index contributed by atoms with van der Waals surface area (Å²) < 4.78 is 11.5. The van der Waals surface area contributed by atoms with E-state index in [-0.39, 0.29) is 5.25 Å². The Morgan fingerprint density at radius 2 is 1.63 bits per heavy atom. The van der Waals surface area contributed by atoms with Crippen molar-refractivity contribution in [2.75, 3.05) is 0 Å². The Balaban J connectivity index is 1.48. The maximum Gasteiger partial charge on any atom is 0.277 e. The number of benzene rings is 2. The maximum absolute atomic E-state index is 6.00. The Morgan fingerprint density at radius 3 is 2.41 bits per heavy atom. The predicted molar refractivity (Wildman–Crippen MR) is 103 cm³/mol. The van der Waals surface area contributed by atoms with Crippen molar-refractivity contribution in [1.82, 2.24) is 20.4 Å². The standard InChI is InChI=1S/C19H15ClN4O2S/c1-11-6-8-13(9-7-11)17-22-21-16(25-17)12(2)27-19-24-23-18(26-19)14-4-3-5-15(20)10-14/h3-10,12H,1-2H3. The van der Waals surface area contributed by atoms with Crippen LogP contribution in [0.4, 0.5) is 0 Å². The number of halogens is 1. The van der Waals surface area contributed by atoms with Gasteiger partial charge in [0.2, 0.25) is 17.7 Å². The highest BCUT2D eigenvalue weighted by atomic mass is 35.5. The molecule has 2 heterocycles. The van der Waals surface area contributed by atoms with Crippen LogP contribution in [-0.4, -0.2) is 20.4 Å². The third-order valence-electron chi connectivity index (χ3n) is 3.84. The van der Waals surface area contributed by atoms with Crippen molar-refractivity contribution in [2.24, 2.45) is 0 Å². The normalized spacial score (nSPS) is 12.3. The van der Waals surface area contributed by atoms with Gasteiger partial charge in [-0.3, -0.25) is 0 Å². The van der Waals surface area contributed by atoms with Crippen molar-refractivity contribution >= 4 is 23.4 Å². The highest BCUT2D eigenvalue weighted by Gasteiger charge is 2.20. The first-order chi connectivity index (χ1) is 13.1. The van der Waals surface area contributed by atoms with Crippen LogP contribution in [-0.2, 0) is 0 Å². The molecule has 1 unspecified atom stereocenters. The van der Waals surface area contributed by atoms with E-state index in [1.54, 1.807) is 12.1 Å². The van der Waals surface area contributed by atoms with E-state index in [0.717, 1.165) is 11.1 Å². The lowest BCUT2D eigenvalue weighted by Gasteiger charge is -2.02. The molecule has 0 aliphatic carbocycles.